The highest BCUT2D eigenvalue weighted by Crippen LogP contribution is 2.17. The topological polar surface area (TPSA) is 71.1 Å². The summed E-state index contributed by atoms with van der Waals surface area (Å²) in [7, 11) is 0. The Labute approximate surface area is 148 Å². The van der Waals surface area contributed by atoms with Gasteiger partial charge in [0.25, 0.3) is 0 Å². The van der Waals surface area contributed by atoms with Crippen LogP contribution in [0.2, 0.25) is 0 Å². The molecule has 1 saturated carbocycles. The summed E-state index contributed by atoms with van der Waals surface area (Å²) in [6.45, 7) is 0.0560. The summed E-state index contributed by atoms with van der Waals surface area (Å²) >= 11 is 0. The average Bonchev–Trinajstić information content (AvgIpc) is 2.65. The van der Waals surface area contributed by atoms with E-state index in [4.69, 9.17) is 0 Å². The van der Waals surface area contributed by atoms with E-state index in [1.807, 2.05) is 36.4 Å². The molecule has 0 unspecified atom stereocenters. The molecule has 132 valence electrons. The predicted molar refractivity (Wildman–Crippen MR) is 98.1 cm³/mol. The van der Waals surface area contributed by atoms with Crippen molar-refractivity contribution in [2.45, 2.75) is 51.0 Å². The fourth-order valence-corrected chi connectivity index (χ4v) is 3.28. The van der Waals surface area contributed by atoms with Crippen molar-refractivity contribution in [2.75, 3.05) is 6.54 Å². The number of aryl methyl sites for hydroxylation is 1. The largest absolute Gasteiger partial charge is 0.352 e. The van der Waals surface area contributed by atoms with E-state index in [9.17, 15) is 9.59 Å². The van der Waals surface area contributed by atoms with Crippen LogP contribution < -0.4 is 10.6 Å². The highest BCUT2D eigenvalue weighted by atomic mass is 16.2. The highest BCUT2D eigenvalue weighted by molar-refractivity contribution is 5.85. The first-order valence-electron chi connectivity index (χ1n) is 9.11. The minimum atomic E-state index is -0.117. The standard InChI is InChI=1S/C20H25N3O2/c24-19(21-14-20(25)23-16-7-2-1-3-8-16)13-12-17-11-10-15-6-4-5-9-18(15)22-17/h4-6,9-11,16H,1-3,7-8,12-14H2,(H,21,24)(H,23,25). The zero-order valence-corrected chi connectivity index (χ0v) is 14.5. The molecule has 2 amide bonds. The van der Waals surface area contributed by atoms with Gasteiger partial charge in [-0.1, -0.05) is 43.5 Å². The third-order valence-electron chi connectivity index (χ3n) is 4.68. The van der Waals surface area contributed by atoms with Gasteiger partial charge in [0.15, 0.2) is 0 Å². The molecule has 1 aliphatic carbocycles. The number of hydrogen-bond acceptors (Lipinski definition) is 3. The van der Waals surface area contributed by atoms with Crippen LogP contribution in [-0.2, 0) is 16.0 Å². The van der Waals surface area contributed by atoms with Crippen molar-refractivity contribution < 1.29 is 9.59 Å². The van der Waals surface area contributed by atoms with Crippen LogP contribution in [0.1, 0.15) is 44.2 Å². The first-order valence-corrected chi connectivity index (χ1v) is 9.11. The number of benzene rings is 1. The van der Waals surface area contributed by atoms with Crippen molar-refractivity contribution in [1.29, 1.82) is 0 Å². The lowest BCUT2D eigenvalue weighted by Gasteiger charge is -2.22. The van der Waals surface area contributed by atoms with Crippen LogP contribution in [0.5, 0.6) is 0 Å². The monoisotopic (exact) mass is 339 g/mol. The number of nitrogens with one attached hydrogen (secondary N) is 2. The second-order valence-electron chi connectivity index (χ2n) is 6.67. The van der Waals surface area contributed by atoms with Gasteiger partial charge in [0.1, 0.15) is 0 Å². The molecule has 5 heteroatoms. The van der Waals surface area contributed by atoms with E-state index < -0.39 is 0 Å². The van der Waals surface area contributed by atoms with Crippen molar-refractivity contribution in [3.05, 3.63) is 42.1 Å². The van der Waals surface area contributed by atoms with Gasteiger partial charge in [0.2, 0.25) is 11.8 Å². The number of carbonyl (C=O) groups is 2. The van der Waals surface area contributed by atoms with Crippen LogP contribution in [0, 0.1) is 0 Å². The van der Waals surface area contributed by atoms with Crippen molar-refractivity contribution in [3.8, 4) is 0 Å². The Morgan fingerprint density at radius 2 is 1.80 bits per heavy atom. The molecule has 25 heavy (non-hydrogen) atoms. The van der Waals surface area contributed by atoms with Gasteiger partial charge >= 0.3 is 0 Å². The van der Waals surface area contributed by atoms with E-state index in [1.54, 1.807) is 0 Å². The number of para-hydroxylation sites is 1. The summed E-state index contributed by atoms with van der Waals surface area (Å²) in [5.74, 6) is -0.210. The third kappa shape index (κ3) is 5.28. The maximum atomic E-state index is 12.0. The summed E-state index contributed by atoms with van der Waals surface area (Å²) in [4.78, 5) is 28.4. The molecule has 2 aromatic rings. The van der Waals surface area contributed by atoms with Crippen molar-refractivity contribution >= 4 is 22.7 Å². The molecule has 1 heterocycles. The molecule has 1 aromatic heterocycles. The van der Waals surface area contributed by atoms with Gasteiger partial charge in [-0.2, -0.15) is 0 Å². The first-order chi connectivity index (χ1) is 12.2. The molecular formula is C20H25N3O2. The molecule has 0 bridgehead atoms. The smallest absolute Gasteiger partial charge is 0.239 e. The van der Waals surface area contributed by atoms with Crippen molar-refractivity contribution in [3.63, 3.8) is 0 Å². The van der Waals surface area contributed by atoms with Gasteiger partial charge in [-0.05, 0) is 31.4 Å². The molecule has 1 aliphatic rings. The van der Waals surface area contributed by atoms with Crippen LogP contribution in [-0.4, -0.2) is 29.4 Å². The maximum Gasteiger partial charge on any atom is 0.239 e. The van der Waals surface area contributed by atoms with Crippen LogP contribution in [0.25, 0.3) is 10.9 Å². The van der Waals surface area contributed by atoms with Crippen molar-refractivity contribution in [2.24, 2.45) is 0 Å². The normalized spacial score (nSPS) is 15.0. The molecule has 0 atom stereocenters. The van der Waals surface area contributed by atoms with Gasteiger partial charge in [-0.25, -0.2) is 0 Å². The Kier molecular flexibility index (Phi) is 5.99. The quantitative estimate of drug-likeness (QED) is 0.850. The molecule has 0 radical (unpaired) electrons. The van der Waals surface area contributed by atoms with E-state index in [2.05, 4.69) is 15.6 Å². The zero-order valence-electron chi connectivity index (χ0n) is 14.5. The third-order valence-corrected chi connectivity index (χ3v) is 4.68. The number of amides is 2. The molecule has 0 saturated heterocycles. The maximum absolute atomic E-state index is 12.0. The molecule has 0 aliphatic heterocycles. The van der Waals surface area contributed by atoms with Gasteiger partial charge < -0.3 is 10.6 Å². The minimum absolute atomic E-state index is 0.0560. The molecular weight excluding hydrogens is 314 g/mol. The zero-order chi connectivity index (χ0) is 17.5. The number of carbonyl (C=O) groups excluding carboxylic acids is 2. The van der Waals surface area contributed by atoms with Crippen LogP contribution >= 0.6 is 0 Å². The number of pyridine rings is 1. The van der Waals surface area contributed by atoms with Gasteiger partial charge in [-0.15, -0.1) is 0 Å². The van der Waals surface area contributed by atoms with E-state index in [0.29, 0.717) is 12.8 Å². The lowest BCUT2D eigenvalue weighted by atomic mass is 9.95. The van der Waals surface area contributed by atoms with Crippen LogP contribution in [0.15, 0.2) is 36.4 Å². The minimum Gasteiger partial charge on any atom is -0.352 e. The Morgan fingerprint density at radius 1 is 1.00 bits per heavy atom. The Bertz CT molecular complexity index is 739. The average molecular weight is 339 g/mol. The fraction of sp³-hybridized carbons (Fsp3) is 0.450. The number of aromatic nitrogens is 1. The van der Waals surface area contributed by atoms with Crippen molar-refractivity contribution in [1.82, 2.24) is 15.6 Å². The van der Waals surface area contributed by atoms with Crippen LogP contribution in [0.3, 0.4) is 0 Å². The first kappa shape index (κ1) is 17.4. The van der Waals surface area contributed by atoms with Gasteiger partial charge in [0, 0.05) is 23.5 Å². The second-order valence-corrected chi connectivity index (χ2v) is 6.67. The second kappa shape index (κ2) is 8.60. The van der Waals surface area contributed by atoms with E-state index in [-0.39, 0.29) is 24.4 Å². The number of nitrogens with zero attached hydrogens (tertiary/aromatic N) is 1. The molecule has 0 spiro atoms. The lowest BCUT2D eigenvalue weighted by molar-refractivity contribution is -0.126. The summed E-state index contributed by atoms with van der Waals surface area (Å²) in [5.41, 5.74) is 1.83. The van der Waals surface area contributed by atoms with Crippen LogP contribution in [0.4, 0.5) is 0 Å². The summed E-state index contributed by atoms with van der Waals surface area (Å²) in [5, 5.41) is 6.80. The van der Waals surface area contributed by atoms with Gasteiger partial charge in [0.05, 0.1) is 12.1 Å². The lowest BCUT2D eigenvalue weighted by Crippen LogP contribution is -2.42. The van der Waals surface area contributed by atoms with E-state index in [0.717, 1.165) is 29.4 Å². The predicted octanol–water partition coefficient (Wildman–Crippen LogP) is 2.73. The highest BCUT2D eigenvalue weighted by Gasteiger charge is 2.15. The molecule has 3 rings (SSSR count). The fourth-order valence-electron chi connectivity index (χ4n) is 3.28. The number of fused-ring (bicyclic) bond motifs is 1. The number of rotatable bonds is 6. The van der Waals surface area contributed by atoms with Gasteiger partial charge in [-0.3, -0.25) is 14.6 Å². The Hall–Kier alpha value is -2.43. The molecule has 1 aromatic carbocycles. The Morgan fingerprint density at radius 3 is 2.64 bits per heavy atom. The van der Waals surface area contributed by atoms with E-state index in [1.165, 1.54) is 19.3 Å². The summed E-state index contributed by atoms with van der Waals surface area (Å²) in [6, 6.07) is 12.2. The number of hydrogen-bond donors (Lipinski definition) is 2. The van der Waals surface area contributed by atoms with E-state index >= 15 is 0 Å². The SMILES string of the molecule is O=C(CCc1ccc2ccccc2n1)NCC(=O)NC1CCCCC1. The Balaban J connectivity index is 1.40. The molecule has 2 N–H and O–H groups in total. The summed E-state index contributed by atoms with van der Waals surface area (Å²) < 4.78 is 0. The summed E-state index contributed by atoms with van der Waals surface area (Å²) in [6.07, 6.45) is 6.61. The molecule has 5 nitrogen and oxygen atoms in total. The molecule has 1 fully saturated rings.